The summed E-state index contributed by atoms with van der Waals surface area (Å²) in [5.41, 5.74) is 9.05. The first-order valence-corrected chi connectivity index (χ1v) is 17.0. The second-order valence-corrected chi connectivity index (χ2v) is 13.0. The largest absolute Gasteiger partial charge is 0.497 e. The van der Waals surface area contributed by atoms with Gasteiger partial charge in [0.15, 0.2) is 0 Å². The molecule has 246 valence electrons. The number of sulfonamides is 1. The van der Waals surface area contributed by atoms with Gasteiger partial charge in [0.25, 0.3) is 0 Å². The van der Waals surface area contributed by atoms with Crippen LogP contribution in [0.25, 0.3) is 0 Å². The van der Waals surface area contributed by atoms with Crippen LogP contribution in [0.15, 0.2) is 72.8 Å². The normalized spacial score (nSPS) is 12.9. The van der Waals surface area contributed by atoms with Crippen LogP contribution in [0.1, 0.15) is 49.8 Å². The van der Waals surface area contributed by atoms with Crippen LogP contribution < -0.4 is 20.5 Å². The lowest BCUT2D eigenvalue weighted by Gasteiger charge is -2.25. The van der Waals surface area contributed by atoms with Crippen molar-refractivity contribution >= 4 is 16.0 Å². The lowest BCUT2D eigenvalue weighted by Crippen LogP contribution is -2.46. The van der Waals surface area contributed by atoms with Gasteiger partial charge in [-0.15, -0.1) is 0 Å². The quantitative estimate of drug-likeness (QED) is 0.168. The number of rotatable bonds is 20. The molecule has 0 saturated heterocycles. The standard InChI is InChI=1S/C34H46FN3O6S/c1-4-15-38(16-5-2)45(40,41)17-14-34(39)44-33(24-37-23-27-12-9-13-30(19-27)42-3)32(36)21-28-18-29(35)22-31(20-28)43-25-26-10-7-6-8-11-26/h6-13,18-20,22,32-33,37H,4-5,14-17,21,23-25,36H2,1-3H3/t32-,33+/m0/s1. The molecule has 0 bridgehead atoms. The van der Waals surface area contributed by atoms with Gasteiger partial charge in [0.05, 0.1) is 19.3 Å². The first kappa shape index (κ1) is 36.0. The van der Waals surface area contributed by atoms with E-state index in [1.54, 1.807) is 13.2 Å². The summed E-state index contributed by atoms with van der Waals surface area (Å²) in [7, 11) is -2.03. The van der Waals surface area contributed by atoms with E-state index in [1.807, 2.05) is 68.4 Å². The molecule has 0 amide bonds. The molecule has 0 unspecified atom stereocenters. The van der Waals surface area contributed by atoms with E-state index in [2.05, 4.69) is 5.32 Å². The number of nitrogens with zero attached hydrogens (tertiary/aromatic N) is 1. The molecule has 11 heteroatoms. The van der Waals surface area contributed by atoms with Gasteiger partial charge in [-0.25, -0.2) is 17.1 Å². The zero-order chi connectivity index (χ0) is 32.7. The minimum absolute atomic E-state index is 0.192. The molecule has 0 fully saturated rings. The van der Waals surface area contributed by atoms with Gasteiger partial charge in [0.2, 0.25) is 10.0 Å². The number of nitrogens with one attached hydrogen (secondary N) is 1. The summed E-state index contributed by atoms with van der Waals surface area (Å²) >= 11 is 0. The predicted octanol–water partition coefficient (Wildman–Crippen LogP) is 4.83. The summed E-state index contributed by atoms with van der Waals surface area (Å²) in [6, 6.07) is 20.8. The molecule has 0 aliphatic rings. The van der Waals surface area contributed by atoms with E-state index in [4.69, 9.17) is 19.9 Å². The third-order valence-corrected chi connectivity index (χ3v) is 9.00. The fourth-order valence-corrected chi connectivity index (χ4v) is 6.45. The van der Waals surface area contributed by atoms with Crippen LogP contribution in [-0.4, -0.2) is 63.3 Å². The average Bonchev–Trinajstić information content (AvgIpc) is 3.02. The molecule has 0 radical (unpaired) electrons. The van der Waals surface area contributed by atoms with Crippen molar-refractivity contribution in [1.29, 1.82) is 0 Å². The molecule has 3 aromatic rings. The topological polar surface area (TPSA) is 120 Å². The minimum atomic E-state index is -3.62. The fraction of sp³-hybridized carbons (Fsp3) is 0.441. The number of hydrogen-bond acceptors (Lipinski definition) is 8. The molecule has 45 heavy (non-hydrogen) atoms. The van der Waals surface area contributed by atoms with Gasteiger partial charge in [-0.2, -0.15) is 0 Å². The highest BCUT2D eigenvalue weighted by Gasteiger charge is 2.26. The number of carbonyl (C=O) groups is 1. The number of ether oxygens (including phenoxy) is 3. The molecule has 0 aliphatic heterocycles. The lowest BCUT2D eigenvalue weighted by atomic mass is 10.0. The molecule has 0 heterocycles. The maximum atomic E-state index is 14.6. The summed E-state index contributed by atoms with van der Waals surface area (Å²) in [6.07, 6.45) is 0.433. The Morgan fingerprint density at radius 2 is 1.62 bits per heavy atom. The van der Waals surface area contributed by atoms with Crippen molar-refractivity contribution < 1.29 is 31.8 Å². The second kappa shape index (κ2) is 18.5. The molecular weight excluding hydrogens is 597 g/mol. The SMILES string of the molecule is CCCN(CCC)S(=O)(=O)CCC(=O)O[C@H](CNCc1cccc(OC)c1)[C@@H](N)Cc1cc(F)cc(OCc2ccccc2)c1. The first-order chi connectivity index (χ1) is 21.6. The Labute approximate surface area is 266 Å². The number of carbonyl (C=O) groups excluding carboxylic acids is 1. The Morgan fingerprint density at radius 1 is 0.933 bits per heavy atom. The van der Waals surface area contributed by atoms with Crippen molar-refractivity contribution in [3.8, 4) is 11.5 Å². The van der Waals surface area contributed by atoms with Gasteiger partial charge < -0.3 is 25.3 Å². The van der Waals surface area contributed by atoms with E-state index in [0.29, 0.717) is 49.5 Å². The summed E-state index contributed by atoms with van der Waals surface area (Å²) in [5.74, 6) is -0.411. The van der Waals surface area contributed by atoms with E-state index in [0.717, 1.165) is 11.1 Å². The minimum Gasteiger partial charge on any atom is -0.497 e. The zero-order valence-corrected chi connectivity index (χ0v) is 27.2. The molecule has 3 rings (SSSR count). The maximum Gasteiger partial charge on any atom is 0.307 e. The van der Waals surface area contributed by atoms with Crippen LogP contribution in [-0.2, 0) is 39.1 Å². The maximum absolute atomic E-state index is 14.6. The number of benzene rings is 3. The molecule has 2 atom stereocenters. The Kier molecular flexibility index (Phi) is 14.8. The lowest BCUT2D eigenvalue weighted by molar-refractivity contribution is -0.149. The van der Waals surface area contributed by atoms with Crippen LogP contribution in [0.4, 0.5) is 4.39 Å². The van der Waals surface area contributed by atoms with Crippen LogP contribution in [0.5, 0.6) is 11.5 Å². The van der Waals surface area contributed by atoms with Crippen LogP contribution in [0.2, 0.25) is 0 Å². The van der Waals surface area contributed by atoms with Crippen molar-refractivity contribution in [2.75, 3.05) is 32.5 Å². The Balaban J connectivity index is 1.69. The van der Waals surface area contributed by atoms with Gasteiger partial charge in [-0.3, -0.25) is 4.79 Å². The van der Waals surface area contributed by atoms with Crippen molar-refractivity contribution in [1.82, 2.24) is 9.62 Å². The van der Waals surface area contributed by atoms with Crippen LogP contribution in [0, 0.1) is 5.82 Å². The third kappa shape index (κ3) is 12.4. The van der Waals surface area contributed by atoms with Crippen LogP contribution >= 0.6 is 0 Å². The molecule has 3 aromatic carbocycles. The first-order valence-electron chi connectivity index (χ1n) is 15.4. The number of methoxy groups -OCH3 is 1. The molecule has 3 N–H and O–H groups in total. The molecule has 0 saturated carbocycles. The van der Waals surface area contributed by atoms with E-state index >= 15 is 0 Å². The fourth-order valence-electron chi connectivity index (χ4n) is 4.85. The van der Waals surface area contributed by atoms with Gasteiger partial charge in [-0.1, -0.05) is 56.3 Å². The molecule has 0 spiro atoms. The number of hydrogen-bond donors (Lipinski definition) is 2. The number of halogens is 1. The second-order valence-electron chi connectivity index (χ2n) is 10.9. The third-order valence-electron chi connectivity index (χ3n) is 7.12. The van der Waals surface area contributed by atoms with Crippen molar-refractivity contribution in [2.24, 2.45) is 5.73 Å². The average molecular weight is 644 g/mol. The number of nitrogens with two attached hydrogens (primary N) is 1. The van der Waals surface area contributed by atoms with Gasteiger partial charge in [0, 0.05) is 38.3 Å². The van der Waals surface area contributed by atoms with Crippen molar-refractivity contribution in [3.05, 3.63) is 95.3 Å². The Hall–Kier alpha value is -3.51. The highest BCUT2D eigenvalue weighted by molar-refractivity contribution is 7.89. The van der Waals surface area contributed by atoms with E-state index in [-0.39, 0.29) is 31.7 Å². The summed E-state index contributed by atoms with van der Waals surface area (Å²) < 4.78 is 58.6. The Morgan fingerprint density at radius 3 is 2.31 bits per heavy atom. The summed E-state index contributed by atoms with van der Waals surface area (Å²) in [6.45, 7) is 5.55. The molecule has 0 aromatic heterocycles. The van der Waals surface area contributed by atoms with Crippen molar-refractivity contribution in [3.63, 3.8) is 0 Å². The van der Waals surface area contributed by atoms with Gasteiger partial charge >= 0.3 is 5.97 Å². The smallest absolute Gasteiger partial charge is 0.307 e. The Bertz CT molecular complexity index is 1430. The van der Waals surface area contributed by atoms with Crippen LogP contribution in [0.3, 0.4) is 0 Å². The summed E-state index contributed by atoms with van der Waals surface area (Å²) in [4.78, 5) is 13.0. The van der Waals surface area contributed by atoms with E-state index < -0.39 is 34.0 Å². The predicted molar refractivity (Wildman–Crippen MR) is 174 cm³/mol. The van der Waals surface area contributed by atoms with Gasteiger partial charge in [-0.05, 0) is 60.2 Å². The van der Waals surface area contributed by atoms with Crippen molar-refractivity contribution in [2.45, 2.75) is 64.8 Å². The van der Waals surface area contributed by atoms with Gasteiger partial charge in [0.1, 0.15) is 30.0 Å². The highest BCUT2D eigenvalue weighted by Crippen LogP contribution is 2.20. The number of esters is 1. The molecule has 0 aliphatic carbocycles. The highest BCUT2D eigenvalue weighted by atomic mass is 32.2. The van der Waals surface area contributed by atoms with E-state index in [1.165, 1.54) is 16.4 Å². The summed E-state index contributed by atoms with van der Waals surface area (Å²) in [5, 5.41) is 3.27. The zero-order valence-electron chi connectivity index (χ0n) is 26.4. The monoisotopic (exact) mass is 643 g/mol. The van der Waals surface area contributed by atoms with E-state index in [9.17, 15) is 17.6 Å². The molecular formula is C34H46FN3O6S. The molecule has 9 nitrogen and oxygen atoms in total.